The fraction of sp³-hybridized carbons (Fsp3) is 0.417. The van der Waals surface area contributed by atoms with Crippen molar-refractivity contribution in [2.75, 3.05) is 23.3 Å². The number of aliphatic hydroxyl groups is 1. The SMILES string of the molecule is Cc1cc(N2CCC(Nc3nc(-c4ccc(C(F)(F)F)cc4)cc(C(C)(C)O)n3)CC2)ncn1. The molecule has 34 heavy (non-hydrogen) atoms. The molecule has 4 rings (SSSR count). The van der Waals surface area contributed by atoms with Crippen LogP contribution in [0.2, 0.25) is 0 Å². The van der Waals surface area contributed by atoms with Crippen molar-refractivity contribution in [3.05, 3.63) is 59.7 Å². The van der Waals surface area contributed by atoms with Gasteiger partial charge in [-0.25, -0.2) is 19.9 Å². The molecule has 3 aromatic rings. The lowest BCUT2D eigenvalue weighted by Gasteiger charge is -2.33. The first-order valence-corrected chi connectivity index (χ1v) is 11.1. The number of alkyl halides is 3. The second-order valence-corrected chi connectivity index (χ2v) is 9.02. The maximum Gasteiger partial charge on any atom is 0.416 e. The van der Waals surface area contributed by atoms with Gasteiger partial charge in [-0.05, 0) is 51.8 Å². The summed E-state index contributed by atoms with van der Waals surface area (Å²) >= 11 is 0. The third-order valence-corrected chi connectivity index (χ3v) is 5.80. The highest BCUT2D eigenvalue weighted by Crippen LogP contribution is 2.32. The van der Waals surface area contributed by atoms with Gasteiger partial charge in [0, 0.05) is 36.5 Å². The summed E-state index contributed by atoms with van der Waals surface area (Å²) < 4.78 is 38.8. The van der Waals surface area contributed by atoms with Gasteiger partial charge in [-0.2, -0.15) is 13.2 Å². The van der Waals surface area contributed by atoms with E-state index in [0.29, 0.717) is 22.9 Å². The molecule has 3 heterocycles. The Morgan fingerprint density at radius 2 is 1.68 bits per heavy atom. The third kappa shape index (κ3) is 5.61. The number of hydrogen-bond donors (Lipinski definition) is 2. The van der Waals surface area contributed by atoms with Gasteiger partial charge in [0.05, 0.1) is 17.0 Å². The molecule has 7 nitrogen and oxygen atoms in total. The van der Waals surface area contributed by atoms with E-state index in [1.165, 1.54) is 12.1 Å². The van der Waals surface area contributed by atoms with E-state index >= 15 is 0 Å². The number of anilines is 2. The number of nitrogens with zero attached hydrogens (tertiary/aromatic N) is 5. The van der Waals surface area contributed by atoms with Crippen molar-refractivity contribution in [1.82, 2.24) is 19.9 Å². The maximum atomic E-state index is 12.9. The molecule has 0 aliphatic carbocycles. The van der Waals surface area contributed by atoms with E-state index in [4.69, 9.17) is 0 Å². The van der Waals surface area contributed by atoms with Crippen LogP contribution in [0, 0.1) is 6.92 Å². The molecule has 1 fully saturated rings. The van der Waals surface area contributed by atoms with Gasteiger partial charge in [0.15, 0.2) is 0 Å². The number of nitrogens with one attached hydrogen (secondary N) is 1. The summed E-state index contributed by atoms with van der Waals surface area (Å²) in [6, 6.07) is 8.49. The van der Waals surface area contributed by atoms with E-state index in [1.54, 1.807) is 26.2 Å². The lowest BCUT2D eigenvalue weighted by Crippen LogP contribution is -2.40. The van der Waals surface area contributed by atoms with Crippen LogP contribution in [0.1, 0.15) is 43.6 Å². The van der Waals surface area contributed by atoms with Gasteiger partial charge in [-0.15, -0.1) is 0 Å². The summed E-state index contributed by atoms with van der Waals surface area (Å²) in [6.07, 6.45) is -1.19. The van der Waals surface area contributed by atoms with E-state index in [9.17, 15) is 18.3 Å². The van der Waals surface area contributed by atoms with Crippen molar-refractivity contribution in [1.29, 1.82) is 0 Å². The minimum absolute atomic E-state index is 0.108. The number of aryl methyl sites for hydroxylation is 1. The van der Waals surface area contributed by atoms with Crippen molar-refractivity contribution < 1.29 is 18.3 Å². The molecule has 1 saturated heterocycles. The van der Waals surface area contributed by atoms with Crippen molar-refractivity contribution in [2.24, 2.45) is 0 Å². The summed E-state index contributed by atoms with van der Waals surface area (Å²) in [5, 5.41) is 13.9. The fourth-order valence-electron chi connectivity index (χ4n) is 3.85. The van der Waals surface area contributed by atoms with Crippen molar-refractivity contribution in [3.8, 4) is 11.3 Å². The van der Waals surface area contributed by atoms with Crippen LogP contribution in [0.5, 0.6) is 0 Å². The zero-order valence-electron chi connectivity index (χ0n) is 19.3. The smallest absolute Gasteiger partial charge is 0.384 e. The molecule has 180 valence electrons. The normalized spacial score (nSPS) is 15.4. The number of piperidine rings is 1. The highest BCUT2D eigenvalue weighted by molar-refractivity contribution is 5.62. The van der Waals surface area contributed by atoms with Gasteiger partial charge in [0.1, 0.15) is 17.7 Å². The van der Waals surface area contributed by atoms with Crippen molar-refractivity contribution in [3.63, 3.8) is 0 Å². The van der Waals surface area contributed by atoms with Crippen molar-refractivity contribution >= 4 is 11.8 Å². The van der Waals surface area contributed by atoms with Gasteiger partial charge in [0.2, 0.25) is 5.95 Å². The zero-order chi connectivity index (χ0) is 24.5. The van der Waals surface area contributed by atoms with Crippen LogP contribution >= 0.6 is 0 Å². The Labute approximate surface area is 196 Å². The molecule has 0 radical (unpaired) electrons. The topological polar surface area (TPSA) is 87.1 Å². The minimum Gasteiger partial charge on any atom is -0.384 e. The molecule has 2 aromatic heterocycles. The first kappa shape index (κ1) is 23.9. The highest BCUT2D eigenvalue weighted by Gasteiger charge is 2.30. The zero-order valence-corrected chi connectivity index (χ0v) is 19.3. The van der Waals surface area contributed by atoms with E-state index in [0.717, 1.165) is 49.6 Å². The second kappa shape index (κ2) is 9.17. The van der Waals surface area contributed by atoms with Gasteiger partial charge < -0.3 is 15.3 Å². The molecule has 1 aromatic carbocycles. The van der Waals surface area contributed by atoms with E-state index < -0.39 is 17.3 Å². The quantitative estimate of drug-likeness (QED) is 0.563. The van der Waals surface area contributed by atoms with Crippen LogP contribution in [0.15, 0.2) is 42.7 Å². The molecule has 0 amide bonds. The van der Waals surface area contributed by atoms with E-state index in [-0.39, 0.29) is 6.04 Å². The van der Waals surface area contributed by atoms with Crippen LogP contribution in [-0.4, -0.2) is 44.2 Å². The fourth-order valence-corrected chi connectivity index (χ4v) is 3.85. The van der Waals surface area contributed by atoms with Gasteiger partial charge >= 0.3 is 6.18 Å². The largest absolute Gasteiger partial charge is 0.416 e. The first-order valence-electron chi connectivity index (χ1n) is 11.1. The molecule has 0 spiro atoms. The first-order chi connectivity index (χ1) is 16.0. The highest BCUT2D eigenvalue weighted by atomic mass is 19.4. The van der Waals surface area contributed by atoms with Crippen LogP contribution in [0.3, 0.4) is 0 Å². The molecular weight excluding hydrogens is 445 g/mol. The summed E-state index contributed by atoms with van der Waals surface area (Å²) in [5.74, 6) is 1.24. The monoisotopic (exact) mass is 472 g/mol. The molecule has 0 saturated carbocycles. The molecule has 0 atom stereocenters. The van der Waals surface area contributed by atoms with Crippen LogP contribution in [0.25, 0.3) is 11.3 Å². The summed E-state index contributed by atoms with van der Waals surface area (Å²) in [5.41, 5.74) is 0.285. The number of benzene rings is 1. The average molecular weight is 473 g/mol. The molecule has 2 N–H and O–H groups in total. The number of rotatable bonds is 5. The number of hydrogen-bond acceptors (Lipinski definition) is 7. The van der Waals surface area contributed by atoms with Crippen molar-refractivity contribution in [2.45, 2.75) is 51.4 Å². The third-order valence-electron chi connectivity index (χ3n) is 5.80. The summed E-state index contributed by atoms with van der Waals surface area (Å²) in [6.45, 7) is 6.74. The average Bonchev–Trinajstić information content (AvgIpc) is 2.78. The Bertz CT molecular complexity index is 1140. The molecule has 0 unspecified atom stereocenters. The van der Waals surface area contributed by atoms with E-state index in [1.807, 2.05) is 13.0 Å². The molecule has 1 aliphatic heterocycles. The Kier molecular flexibility index (Phi) is 6.44. The van der Waals surface area contributed by atoms with Gasteiger partial charge in [-0.3, -0.25) is 0 Å². The van der Waals surface area contributed by atoms with Crippen LogP contribution in [0.4, 0.5) is 24.9 Å². The van der Waals surface area contributed by atoms with E-state index in [2.05, 4.69) is 30.2 Å². The summed E-state index contributed by atoms with van der Waals surface area (Å²) in [7, 11) is 0. The lowest BCUT2D eigenvalue weighted by molar-refractivity contribution is -0.137. The predicted molar refractivity (Wildman–Crippen MR) is 123 cm³/mol. The number of aromatic nitrogens is 4. The number of halogens is 3. The van der Waals surface area contributed by atoms with Gasteiger partial charge in [-0.1, -0.05) is 12.1 Å². The predicted octanol–water partition coefficient (Wildman–Crippen LogP) is 4.57. The Morgan fingerprint density at radius 3 is 2.26 bits per heavy atom. The second-order valence-electron chi connectivity index (χ2n) is 9.02. The summed E-state index contributed by atoms with van der Waals surface area (Å²) in [4.78, 5) is 19.7. The molecular formula is C24H27F3N6O. The minimum atomic E-state index is -4.41. The van der Waals surface area contributed by atoms with Crippen LogP contribution < -0.4 is 10.2 Å². The Balaban J connectivity index is 1.53. The van der Waals surface area contributed by atoms with Gasteiger partial charge in [0.25, 0.3) is 0 Å². The Morgan fingerprint density at radius 1 is 1.00 bits per heavy atom. The molecule has 0 bridgehead atoms. The standard InChI is InChI=1S/C24H27F3N6O/c1-15-12-21(29-14-28-15)33-10-8-18(9-11-33)30-22-31-19(13-20(32-22)23(2,3)34)16-4-6-17(7-5-16)24(25,26)27/h4-7,12-14,18,34H,8-11H2,1-3H3,(H,30,31,32). The molecule has 10 heteroatoms. The lowest BCUT2D eigenvalue weighted by atomic mass is 10.0. The maximum absolute atomic E-state index is 12.9. The molecule has 1 aliphatic rings. The van der Waals surface area contributed by atoms with Crippen LogP contribution in [-0.2, 0) is 11.8 Å². The Hall–Kier alpha value is -3.27.